The van der Waals surface area contributed by atoms with Gasteiger partial charge in [-0.2, -0.15) is 0 Å². The molecule has 1 aromatic rings. The number of nitrogens with zero attached hydrogens (tertiary/aromatic N) is 2. The van der Waals surface area contributed by atoms with Crippen LogP contribution in [0, 0.1) is 5.92 Å². The summed E-state index contributed by atoms with van der Waals surface area (Å²) in [5, 5.41) is 0. The molecule has 2 unspecified atom stereocenters. The van der Waals surface area contributed by atoms with Gasteiger partial charge in [0.2, 0.25) is 0 Å². The highest BCUT2D eigenvalue weighted by Crippen LogP contribution is 2.34. The molecule has 1 aromatic carbocycles. The van der Waals surface area contributed by atoms with Crippen molar-refractivity contribution >= 4 is 11.8 Å². The molecule has 5 nitrogen and oxygen atoms in total. The summed E-state index contributed by atoms with van der Waals surface area (Å²) < 4.78 is 46.8. The summed E-state index contributed by atoms with van der Waals surface area (Å²) in [5.41, 5.74) is 2.59. The second-order valence-electron chi connectivity index (χ2n) is 9.72. The Morgan fingerprint density at radius 1 is 1.09 bits per heavy atom. The van der Waals surface area contributed by atoms with E-state index in [0.29, 0.717) is 12.5 Å². The fourth-order valence-electron chi connectivity index (χ4n) is 4.43. The fraction of sp³-hybridized carbons (Fsp3) is 0.560. The average Bonchev–Trinajstić information content (AvgIpc) is 2.87. The standard InChI is InChI=1S/C25H33F3N2O3/c1-17-15-19(20-12-14-30(18(2)16-20)23(31)33-24(3,4)5)7-6-13-29(17)21-8-10-22(11-9-21)32-25(26,27)28/h7-11,15,18,20H,6,12-14,16H2,1-5H3. The molecule has 2 atom stereocenters. The third-order valence-corrected chi connectivity index (χ3v) is 5.89. The van der Waals surface area contributed by atoms with Crippen molar-refractivity contribution in [2.45, 2.75) is 71.9 Å². The topological polar surface area (TPSA) is 42.0 Å². The van der Waals surface area contributed by atoms with E-state index in [1.54, 1.807) is 12.1 Å². The molecule has 1 fully saturated rings. The summed E-state index contributed by atoms with van der Waals surface area (Å²) >= 11 is 0. The maximum atomic E-state index is 12.5. The molecule has 33 heavy (non-hydrogen) atoms. The summed E-state index contributed by atoms with van der Waals surface area (Å²) in [6.07, 6.45) is 1.98. The van der Waals surface area contributed by atoms with E-state index in [1.165, 1.54) is 17.7 Å². The number of amides is 1. The summed E-state index contributed by atoms with van der Waals surface area (Å²) in [5.74, 6) is 0.114. The number of piperidine rings is 1. The SMILES string of the molecule is CC1=CC(C2CCN(C(=O)OC(C)(C)C)C(C)C2)=CCCN1c1ccc(OC(F)(F)F)cc1. The average molecular weight is 467 g/mol. The molecule has 0 aromatic heterocycles. The molecule has 1 amide bonds. The van der Waals surface area contributed by atoms with Gasteiger partial charge in [0.1, 0.15) is 11.4 Å². The number of likely N-dealkylation sites (tertiary alicyclic amines) is 1. The predicted octanol–water partition coefficient (Wildman–Crippen LogP) is 6.66. The number of ether oxygens (including phenoxy) is 2. The van der Waals surface area contributed by atoms with Gasteiger partial charge in [0.15, 0.2) is 0 Å². The van der Waals surface area contributed by atoms with Crippen LogP contribution < -0.4 is 9.64 Å². The largest absolute Gasteiger partial charge is 0.573 e. The van der Waals surface area contributed by atoms with Crippen molar-refractivity contribution in [3.8, 4) is 5.75 Å². The van der Waals surface area contributed by atoms with E-state index >= 15 is 0 Å². The lowest BCUT2D eigenvalue weighted by Gasteiger charge is -2.38. The van der Waals surface area contributed by atoms with E-state index in [1.807, 2.05) is 32.6 Å². The Balaban J connectivity index is 1.66. The van der Waals surface area contributed by atoms with Gasteiger partial charge in [0, 0.05) is 30.5 Å². The minimum atomic E-state index is -4.70. The first kappa shape index (κ1) is 25.0. The number of benzene rings is 1. The van der Waals surface area contributed by atoms with Gasteiger partial charge in [-0.25, -0.2) is 4.79 Å². The Kier molecular flexibility index (Phi) is 7.34. The molecule has 0 N–H and O–H groups in total. The molecule has 1 saturated heterocycles. The molecule has 8 heteroatoms. The van der Waals surface area contributed by atoms with Gasteiger partial charge in [-0.1, -0.05) is 6.08 Å². The van der Waals surface area contributed by atoms with Gasteiger partial charge in [0.25, 0.3) is 0 Å². The van der Waals surface area contributed by atoms with Crippen molar-refractivity contribution in [3.05, 3.63) is 47.7 Å². The summed E-state index contributed by atoms with van der Waals surface area (Å²) in [7, 11) is 0. The molecular weight excluding hydrogens is 433 g/mol. The highest BCUT2D eigenvalue weighted by Gasteiger charge is 2.33. The molecule has 0 saturated carbocycles. The van der Waals surface area contributed by atoms with Crippen LogP contribution in [0.4, 0.5) is 23.7 Å². The quantitative estimate of drug-likeness (QED) is 0.499. The highest BCUT2D eigenvalue weighted by molar-refractivity contribution is 5.68. The monoisotopic (exact) mass is 466 g/mol. The van der Waals surface area contributed by atoms with E-state index in [0.717, 1.165) is 37.2 Å². The number of anilines is 1. The number of hydrogen-bond acceptors (Lipinski definition) is 4. The van der Waals surface area contributed by atoms with E-state index in [9.17, 15) is 18.0 Å². The van der Waals surface area contributed by atoms with Gasteiger partial charge in [-0.15, -0.1) is 13.2 Å². The second kappa shape index (κ2) is 9.69. The maximum Gasteiger partial charge on any atom is 0.573 e. The lowest BCUT2D eigenvalue weighted by molar-refractivity contribution is -0.274. The molecule has 2 aliphatic heterocycles. The third kappa shape index (κ3) is 6.92. The van der Waals surface area contributed by atoms with Crippen LogP contribution in [0.15, 0.2) is 47.7 Å². The van der Waals surface area contributed by atoms with Crippen molar-refractivity contribution in [2.75, 3.05) is 18.0 Å². The van der Waals surface area contributed by atoms with Gasteiger partial charge in [-0.05, 0) is 95.7 Å². The minimum absolute atomic E-state index is 0.0775. The van der Waals surface area contributed by atoms with Gasteiger partial charge in [-0.3, -0.25) is 0 Å². The number of allylic oxidation sites excluding steroid dienone is 3. The summed E-state index contributed by atoms with van der Waals surface area (Å²) in [4.78, 5) is 16.4. The molecule has 0 radical (unpaired) electrons. The Labute approximate surface area is 193 Å². The molecule has 2 aliphatic rings. The van der Waals surface area contributed by atoms with Crippen LogP contribution in [0.2, 0.25) is 0 Å². The molecule has 3 rings (SSSR count). The zero-order chi connectivity index (χ0) is 24.4. The molecule has 182 valence electrons. The van der Waals surface area contributed by atoms with Gasteiger partial charge in [0.05, 0.1) is 0 Å². The number of carbonyl (C=O) groups is 1. The van der Waals surface area contributed by atoms with Crippen molar-refractivity contribution in [2.24, 2.45) is 5.92 Å². The Morgan fingerprint density at radius 3 is 2.33 bits per heavy atom. The smallest absolute Gasteiger partial charge is 0.444 e. The number of halogens is 3. The number of hydrogen-bond donors (Lipinski definition) is 0. The summed E-state index contributed by atoms with van der Waals surface area (Å²) in [6, 6.07) is 6.04. The van der Waals surface area contributed by atoms with E-state index in [2.05, 4.69) is 28.7 Å². The first-order valence-electron chi connectivity index (χ1n) is 11.3. The van der Waals surface area contributed by atoms with Crippen LogP contribution >= 0.6 is 0 Å². The first-order valence-corrected chi connectivity index (χ1v) is 11.3. The zero-order valence-electron chi connectivity index (χ0n) is 19.9. The molecule has 0 aliphatic carbocycles. The molecule has 0 bridgehead atoms. The van der Waals surface area contributed by atoms with Crippen LogP contribution in [-0.4, -0.2) is 42.1 Å². The Morgan fingerprint density at radius 2 is 1.76 bits per heavy atom. The lowest BCUT2D eigenvalue weighted by atomic mass is 9.85. The Hall–Kier alpha value is -2.64. The fourth-order valence-corrected chi connectivity index (χ4v) is 4.43. The van der Waals surface area contributed by atoms with Crippen LogP contribution in [0.1, 0.15) is 53.9 Å². The minimum Gasteiger partial charge on any atom is -0.444 e. The normalized spacial score (nSPS) is 22.3. The van der Waals surface area contributed by atoms with Gasteiger partial charge < -0.3 is 19.3 Å². The predicted molar refractivity (Wildman–Crippen MR) is 122 cm³/mol. The molecular formula is C25H33F3N2O3. The van der Waals surface area contributed by atoms with Crippen LogP contribution in [0.3, 0.4) is 0 Å². The second-order valence-corrected chi connectivity index (χ2v) is 9.72. The number of carbonyl (C=O) groups excluding carboxylic acids is 1. The number of rotatable bonds is 3. The van der Waals surface area contributed by atoms with Crippen molar-refractivity contribution in [1.29, 1.82) is 0 Å². The molecule has 0 spiro atoms. The van der Waals surface area contributed by atoms with Gasteiger partial charge >= 0.3 is 12.5 Å². The van der Waals surface area contributed by atoms with Crippen LogP contribution in [0.25, 0.3) is 0 Å². The highest BCUT2D eigenvalue weighted by atomic mass is 19.4. The number of alkyl halides is 3. The Bertz CT molecular complexity index is 901. The lowest BCUT2D eigenvalue weighted by Crippen LogP contribution is -2.47. The first-order chi connectivity index (χ1) is 15.3. The van der Waals surface area contributed by atoms with Crippen LogP contribution in [-0.2, 0) is 4.74 Å². The van der Waals surface area contributed by atoms with E-state index in [4.69, 9.17) is 4.74 Å². The maximum absolute atomic E-state index is 12.5. The summed E-state index contributed by atoms with van der Waals surface area (Å²) in [6.45, 7) is 11.1. The van der Waals surface area contributed by atoms with Crippen molar-refractivity contribution < 1.29 is 27.4 Å². The van der Waals surface area contributed by atoms with E-state index in [-0.39, 0.29) is 17.9 Å². The van der Waals surface area contributed by atoms with Crippen LogP contribution in [0.5, 0.6) is 5.75 Å². The van der Waals surface area contributed by atoms with Crippen molar-refractivity contribution in [1.82, 2.24) is 4.90 Å². The third-order valence-electron chi connectivity index (χ3n) is 5.89. The zero-order valence-corrected chi connectivity index (χ0v) is 19.9. The molecule has 2 heterocycles. The van der Waals surface area contributed by atoms with Crippen molar-refractivity contribution in [3.63, 3.8) is 0 Å². The van der Waals surface area contributed by atoms with E-state index < -0.39 is 12.0 Å².